The molecule has 1 fully saturated rings. The molecule has 6 aromatic rings. The van der Waals surface area contributed by atoms with Gasteiger partial charge in [0.15, 0.2) is 11.4 Å². The number of carbonyl (C=O) groups is 4. The second kappa shape index (κ2) is 17.9. The Labute approximate surface area is 390 Å². The van der Waals surface area contributed by atoms with Gasteiger partial charge in [0.2, 0.25) is 11.7 Å². The Morgan fingerprint density at radius 1 is 1.01 bits per heavy atom. The summed E-state index contributed by atoms with van der Waals surface area (Å²) in [6.45, 7) is 8.37. The Morgan fingerprint density at radius 2 is 1.79 bits per heavy atom. The molecule has 352 valence electrons. The molecular formula is C49H51N9O10. The highest BCUT2D eigenvalue weighted by atomic mass is 16.6. The number of likely N-dealkylation sites (tertiary alicyclic amines) is 1. The summed E-state index contributed by atoms with van der Waals surface area (Å²) >= 11 is 0. The van der Waals surface area contributed by atoms with E-state index >= 15 is 0 Å². The van der Waals surface area contributed by atoms with Crippen LogP contribution in [-0.2, 0) is 39.5 Å². The number of hydrogen-bond acceptors (Lipinski definition) is 14. The summed E-state index contributed by atoms with van der Waals surface area (Å²) in [7, 11) is 1.66. The summed E-state index contributed by atoms with van der Waals surface area (Å²) < 4.78 is 14.2. The maximum Gasteiger partial charge on any atom is 0.415 e. The molecule has 0 bridgehead atoms. The van der Waals surface area contributed by atoms with E-state index in [1.807, 2.05) is 20.8 Å². The van der Waals surface area contributed by atoms with E-state index in [4.69, 9.17) is 14.5 Å². The molecule has 7 heterocycles. The van der Waals surface area contributed by atoms with E-state index in [2.05, 4.69) is 20.5 Å². The number of nitrogens with zero attached hydrogens (tertiary/aromatic N) is 8. The Morgan fingerprint density at radius 3 is 2.50 bits per heavy atom. The van der Waals surface area contributed by atoms with Gasteiger partial charge in [0.05, 0.1) is 46.5 Å². The molecule has 1 atom stereocenters. The maximum absolute atomic E-state index is 13.7. The molecule has 19 heteroatoms. The van der Waals surface area contributed by atoms with E-state index in [9.17, 15) is 39.3 Å². The molecule has 1 unspecified atom stereocenters. The molecule has 4 N–H and O–H groups in total. The van der Waals surface area contributed by atoms with Crippen LogP contribution >= 0.6 is 0 Å². The number of cyclic esters (lactones) is 1. The third-order valence-corrected chi connectivity index (χ3v) is 13.3. The molecule has 9 rings (SSSR count). The van der Waals surface area contributed by atoms with Crippen LogP contribution in [0.2, 0.25) is 0 Å². The lowest BCUT2D eigenvalue weighted by Gasteiger charge is -2.32. The largest absolute Gasteiger partial charge is 0.508 e. The van der Waals surface area contributed by atoms with Gasteiger partial charge in [-0.25, -0.2) is 14.6 Å². The van der Waals surface area contributed by atoms with E-state index in [1.165, 1.54) is 16.8 Å². The van der Waals surface area contributed by atoms with Crippen molar-refractivity contribution in [3.8, 4) is 45.7 Å². The van der Waals surface area contributed by atoms with Gasteiger partial charge in [-0.2, -0.15) is 0 Å². The van der Waals surface area contributed by atoms with Gasteiger partial charge in [0, 0.05) is 67.9 Å². The molecule has 19 nitrogen and oxygen atoms in total. The van der Waals surface area contributed by atoms with E-state index in [0.29, 0.717) is 66.3 Å². The van der Waals surface area contributed by atoms with Crippen molar-refractivity contribution in [3.63, 3.8) is 0 Å². The van der Waals surface area contributed by atoms with Crippen molar-refractivity contribution >= 4 is 34.8 Å². The Kier molecular flexibility index (Phi) is 11.9. The van der Waals surface area contributed by atoms with Crippen LogP contribution in [0.25, 0.3) is 39.4 Å². The minimum atomic E-state index is -1.93. The molecule has 0 aliphatic carbocycles. The highest BCUT2D eigenvalue weighted by molar-refractivity contribution is 5.93. The molecular weight excluding hydrogens is 875 g/mol. The topological polar surface area (TPSA) is 244 Å². The van der Waals surface area contributed by atoms with Gasteiger partial charge in [-0.05, 0) is 85.2 Å². The average Bonchev–Trinajstić information content (AvgIpc) is 3.94. The van der Waals surface area contributed by atoms with Gasteiger partial charge in [0.25, 0.3) is 11.5 Å². The average molecular weight is 926 g/mol. The number of aryl methyl sites for hydroxylation is 1. The van der Waals surface area contributed by atoms with Crippen molar-refractivity contribution in [1.82, 2.24) is 44.4 Å². The molecule has 1 saturated heterocycles. The number of nitrogens with one attached hydrogen (secondary N) is 1. The summed E-state index contributed by atoms with van der Waals surface area (Å²) in [6, 6.07) is 13.1. The molecule has 0 radical (unpaired) electrons. The highest BCUT2D eigenvalue weighted by Crippen LogP contribution is 2.42. The normalized spacial score (nSPS) is 16.6. The van der Waals surface area contributed by atoms with Crippen molar-refractivity contribution in [2.45, 2.75) is 78.0 Å². The van der Waals surface area contributed by atoms with Gasteiger partial charge < -0.3 is 44.5 Å². The summed E-state index contributed by atoms with van der Waals surface area (Å²) in [5.74, 6) is -1.78. The van der Waals surface area contributed by atoms with E-state index < -0.39 is 23.6 Å². The number of phenols is 2. The van der Waals surface area contributed by atoms with Crippen LogP contribution in [0.3, 0.4) is 0 Å². The van der Waals surface area contributed by atoms with Crippen molar-refractivity contribution in [2.24, 2.45) is 5.92 Å². The van der Waals surface area contributed by atoms with Crippen LogP contribution in [0.5, 0.6) is 17.2 Å². The molecule has 68 heavy (non-hydrogen) atoms. The number of aromatic nitrogens is 6. The lowest BCUT2D eigenvalue weighted by molar-refractivity contribution is -0.172. The standard InChI is InChI=1S/C49H51N9O10/c1-6-30-32-19-29(10-11-37(32)52-41-34(30)24-57-38(41)21-36-35(46(57)63)25-67-47(64)49(36,66)7-2)68-48(65)56-16-12-27(13-17-56)45(62)55(5)18-15-51-44(61)43-54-53-42(58(43)28-9-8-14-50-23-28)33-20-31(26(3)4)39(59)22-40(33)60/h8-11,14,19-23,26-27,59-60,66H,6-7,12-13,15-18,24-25H2,1-5H3,(H,51,61). The zero-order valence-corrected chi connectivity index (χ0v) is 38.3. The van der Waals surface area contributed by atoms with Crippen LogP contribution in [0, 0.1) is 5.92 Å². The number of piperidine rings is 1. The molecule has 0 saturated carbocycles. The van der Waals surface area contributed by atoms with Crippen molar-refractivity contribution in [2.75, 3.05) is 33.2 Å². The monoisotopic (exact) mass is 925 g/mol. The minimum absolute atomic E-state index is 0.0427. The number of aromatic hydroxyl groups is 2. The molecule has 4 aromatic heterocycles. The van der Waals surface area contributed by atoms with Crippen molar-refractivity contribution in [1.29, 1.82) is 0 Å². The number of rotatable bonds is 11. The number of fused-ring (bicyclic) bond motifs is 5. The fourth-order valence-corrected chi connectivity index (χ4v) is 9.49. The number of ether oxygens (including phenoxy) is 2. The number of hydrogen-bond donors (Lipinski definition) is 4. The van der Waals surface area contributed by atoms with Gasteiger partial charge in [-0.1, -0.05) is 27.7 Å². The third kappa shape index (κ3) is 7.84. The fourth-order valence-electron chi connectivity index (χ4n) is 9.49. The first-order valence-electron chi connectivity index (χ1n) is 22.7. The quantitative estimate of drug-likeness (QED) is 0.126. The summed E-state index contributed by atoms with van der Waals surface area (Å²) in [4.78, 5) is 79.2. The first kappa shape index (κ1) is 45.5. The first-order valence-corrected chi connectivity index (χ1v) is 22.7. The van der Waals surface area contributed by atoms with E-state index in [0.717, 1.165) is 16.5 Å². The predicted octanol–water partition coefficient (Wildman–Crippen LogP) is 4.92. The molecule has 2 aromatic carbocycles. The summed E-state index contributed by atoms with van der Waals surface area (Å²) in [6.07, 6.45) is 4.03. The molecule has 3 aliphatic heterocycles. The zero-order chi connectivity index (χ0) is 48.2. The number of phenolic OH excluding ortho intramolecular Hbond substituents is 2. The van der Waals surface area contributed by atoms with Crippen LogP contribution in [0.4, 0.5) is 4.79 Å². The van der Waals surface area contributed by atoms with E-state index in [-0.39, 0.29) is 95.8 Å². The smallest absolute Gasteiger partial charge is 0.415 e. The maximum atomic E-state index is 13.7. The van der Waals surface area contributed by atoms with Gasteiger partial charge >= 0.3 is 12.1 Å². The molecule has 0 spiro atoms. The van der Waals surface area contributed by atoms with Gasteiger partial charge in [-0.15, -0.1) is 10.2 Å². The number of esters is 1. The number of aliphatic hydroxyl groups is 1. The summed E-state index contributed by atoms with van der Waals surface area (Å²) in [5, 5.41) is 44.6. The van der Waals surface area contributed by atoms with E-state index in [1.54, 1.807) is 77.0 Å². The molecule has 3 aliphatic rings. The van der Waals surface area contributed by atoms with Crippen LogP contribution < -0.4 is 15.6 Å². The van der Waals surface area contributed by atoms with Crippen LogP contribution in [0.15, 0.2) is 65.7 Å². The minimum Gasteiger partial charge on any atom is -0.508 e. The van der Waals surface area contributed by atoms with Gasteiger partial charge in [-0.3, -0.25) is 23.9 Å². The lowest BCUT2D eigenvalue weighted by Crippen LogP contribution is -2.45. The van der Waals surface area contributed by atoms with Gasteiger partial charge in [0.1, 0.15) is 23.9 Å². The van der Waals surface area contributed by atoms with Crippen molar-refractivity contribution < 1.29 is 44.0 Å². The Balaban J connectivity index is 0.821. The summed E-state index contributed by atoms with van der Waals surface area (Å²) in [5.41, 5.74) is 3.04. The number of likely N-dealkylation sites (N-methyl/N-ethyl adjacent to an activating group) is 1. The van der Waals surface area contributed by atoms with Crippen LogP contribution in [-0.4, -0.2) is 112 Å². The second-order valence-corrected chi connectivity index (χ2v) is 17.7. The number of benzene rings is 2. The zero-order valence-electron chi connectivity index (χ0n) is 38.3. The van der Waals surface area contributed by atoms with Crippen LogP contribution in [0.1, 0.15) is 91.3 Å². The third-order valence-electron chi connectivity index (χ3n) is 13.3. The molecule has 3 amide bonds. The van der Waals surface area contributed by atoms with Crippen molar-refractivity contribution in [3.05, 3.63) is 105 Å². The predicted molar refractivity (Wildman–Crippen MR) is 246 cm³/mol. The number of amides is 3. The SMILES string of the molecule is CCc1c2c(nc3ccc(OC(=O)N4CCC(C(=O)N(C)CCNC(=O)c5nnc(-c6cc(C(C)C)c(O)cc6O)n5-c5cccnc5)CC4)cc13)-c1cc3c(c(=O)n1C2)COC(=O)C3(O)CC. The lowest BCUT2D eigenvalue weighted by atomic mass is 9.86. The fraction of sp³-hybridized carbons (Fsp3) is 0.367. The first-order chi connectivity index (χ1) is 32.6. The number of pyridine rings is 3. The Hall–Kier alpha value is -7.67. The highest BCUT2D eigenvalue weighted by Gasteiger charge is 2.45. The Bertz CT molecular complexity index is 3090. The number of carbonyl (C=O) groups excluding carboxylic acids is 4. The second-order valence-electron chi connectivity index (χ2n) is 17.7.